The summed E-state index contributed by atoms with van der Waals surface area (Å²) < 4.78 is 10.9. The Balaban J connectivity index is 1.77. The molecule has 1 N–H and O–H groups in total. The summed E-state index contributed by atoms with van der Waals surface area (Å²) in [5, 5.41) is 5.80. The molecule has 0 bridgehead atoms. The Kier molecular flexibility index (Phi) is 4.94. The molecule has 0 amide bonds. The van der Waals surface area contributed by atoms with Crippen LogP contribution in [0.5, 0.6) is 11.5 Å². The highest BCUT2D eigenvalue weighted by molar-refractivity contribution is 6.04. The van der Waals surface area contributed by atoms with Gasteiger partial charge < -0.3 is 14.8 Å². The van der Waals surface area contributed by atoms with Crippen molar-refractivity contribution in [1.29, 1.82) is 0 Å². The van der Waals surface area contributed by atoms with Gasteiger partial charge in [-0.1, -0.05) is 36.4 Å². The zero-order valence-corrected chi connectivity index (χ0v) is 17.3. The summed E-state index contributed by atoms with van der Waals surface area (Å²) in [7, 11) is 0. The van der Waals surface area contributed by atoms with Crippen LogP contribution in [0.3, 0.4) is 0 Å². The number of ketones is 1. The van der Waals surface area contributed by atoms with E-state index >= 15 is 0 Å². The largest absolute Gasteiger partial charge is 0.490 e. The fourth-order valence-corrected chi connectivity index (χ4v) is 4.81. The van der Waals surface area contributed by atoms with Gasteiger partial charge in [0.05, 0.1) is 6.61 Å². The van der Waals surface area contributed by atoms with Crippen LogP contribution in [0.15, 0.2) is 65.9 Å². The number of rotatable bonds is 5. The molecule has 1 atom stereocenters. The van der Waals surface area contributed by atoms with Gasteiger partial charge >= 0.3 is 0 Å². The molecule has 0 saturated heterocycles. The number of hydrogen-bond donors (Lipinski definition) is 1. The fourth-order valence-electron chi connectivity index (χ4n) is 4.81. The van der Waals surface area contributed by atoms with E-state index in [4.69, 9.17) is 9.47 Å². The molecule has 1 aliphatic heterocycles. The lowest BCUT2D eigenvalue weighted by Crippen LogP contribution is -2.27. The first-order valence-electron chi connectivity index (χ1n) is 10.6. The van der Waals surface area contributed by atoms with Crippen molar-refractivity contribution in [3.8, 4) is 11.5 Å². The number of fused-ring (bicyclic) bond motifs is 3. The van der Waals surface area contributed by atoms with Crippen LogP contribution in [-0.4, -0.2) is 18.9 Å². The predicted molar refractivity (Wildman–Crippen MR) is 120 cm³/mol. The van der Waals surface area contributed by atoms with Gasteiger partial charge in [-0.3, -0.25) is 9.59 Å². The van der Waals surface area contributed by atoms with E-state index in [2.05, 4.69) is 29.6 Å². The summed E-state index contributed by atoms with van der Waals surface area (Å²) in [5.74, 6) is 0.841. The van der Waals surface area contributed by atoms with Crippen LogP contribution < -0.4 is 14.8 Å². The van der Waals surface area contributed by atoms with Gasteiger partial charge in [0.15, 0.2) is 17.3 Å². The van der Waals surface area contributed by atoms with Gasteiger partial charge in [-0.05, 0) is 59.9 Å². The number of anilines is 1. The smallest absolute Gasteiger partial charge is 0.298 e. The van der Waals surface area contributed by atoms with Gasteiger partial charge in [0.2, 0.25) is 0 Å². The molecule has 156 valence electrons. The van der Waals surface area contributed by atoms with E-state index in [1.54, 1.807) is 6.07 Å². The van der Waals surface area contributed by atoms with Gasteiger partial charge in [-0.25, -0.2) is 0 Å². The van der Waals surface area contributed by atoms with Crippen LogP contribution in [0.25, 0.3) is 10.8 Å². The standard InChI is InChI=1S/C26H23NO4/c1-2-30-23-14-17(11-13-22(23)31-15-28)24-25-18-7-4-3-6-16(18)10-12-20(25)27-19-8-5-9-21(29)26(19)24/h3-4,6-7,10-15,24,27H,2,5,8-9H2,1H3/t24-/m1/s1. The van der Waals surface area contributed by atoms with Gasteiger partial charge in [-0.15, -0.1) is 0 Å². The number of Topliss-reactive ketones (excluding diaryl/α,β-unsaturated/α-hetero) is 1. The molecule has 3 aromatic rings. The highest BCUT2D eigenvalue weighted by Crippen LogP contribution is 2.49. The first-order valence-corrected chi connectivity index (χ1v) is 10.6. The minimum absolute atomic E-state index is 0.184. The summed E-state index contributed by atoms with van der Waals surface area (Å²) in [5.41, 5.74) is 4.92. The zero-order chi connectivity index (χ0) is 21.4. The fraction of sp³-hybridized carbons (Fsp3) is 0.231. The monoisotopic (exact) mass is 413 g/mol. The second-order valence-corrected chi connectivity index (χ2v) is 7.83. The number of carbonyl (C=O) groups excluding carboxylic acids is 2. The Morgan fingerprint density at radius 1 is 1.06 bits per heavy atom. The SMILES string of the molecule is CCOc1cc([C@H]2C3=C(CCCC3=O)Nc3ccc4ccccc4c32)ccc1OC=O. The first kappa shape index (κ1) is 19.4. The van der Waals surface area contributed by atoms with Crippen LogP contribution in [0.1, 0.15) is 43.2 Å². The van der Waals surface area contributed by atoms with Crippen LogP contribution in [0, 0.1) is 0 Å². The topological polar surface area (TPSA) is 64.6 Å². The Hall–Kier alpha value is -3.60. The second kappa shape index (κ2) is 7.91. The minimum Gasteiger partial charge on any atom is -0.490 e. The summed E-state index contributed by atoms with van der Waals surface area (Å²) in [6.07, 6.45) is 2.27. The minimum atomic E-state index is -0.213. The van der Waals surface area contributed by atoms with Crippen molar-refractivity contribution in [2.24, 2.45) is 0 Å². The van der Waals surface area contributed by atoms with E-state index in [1.165, 1.54) is 0 Å². The van der Waals surface area contributed by atoms with Crippen LogP contribution in [0.2, 0.25) is 0 Å². The lowest BCUT2D eigenvalue weighted by atomic mass is 9.74. The van der Waals surface area contributed by atoms with Crippen molar-refractivity contribution in [2.45, 2.75) is 32.1 Å². The van der Waals surface area contributed by atoms with Crippen molar-refractivity contribution in [3.63, 3.8) is 0 Å². The lowest BCUT2D eigenvalue weighted by molar-refractivity contribution is -0.120. The molecule has 31 heavy (non-hydrogen) atoms. The van der Waals surface area contributed by atoms with E-state index in [0.29, 0.717) is 31.0 Å². The quantitative estimate of drug-likeness (QED) is 0.572. The molecule has 0 saturated carbocycles. The van der Waals surface area contributed by atoms with Gasteiger partial charge in [0.1, 0.15) is 0 Å². The normalized spacial score (nSPS) is 17.6. The number of hydrogen-bond acceptors (Lipinski definition) is 5. The number of ether oxygens (including phenoxy) is 2. The summed E-state index contributed by atoms with van der Waals surface area (Å²) in [4.78, 5) is 24.1. The molecule has 0 radical (unpaired) electrons. The number of allylic oxidation sites excluding steroid dienone is 2. The Labute approximate surface area is 180 Å². The van der Waals surface area contributed by atoms with Crippen molar-refractivity contribution < 1.29 is 19.1 Å². The molecule has 1 heterocycles. The molecule has 0 unspecified atom stereocenters. The summed E-state index contributed by atoms with van der Waals surface area (Å²) >= 11 is 0. The van der Waals surface area contributed by atoms with E-state index in [-0.39, 0.29) is 11.7 Å². The van der Waals surface area contributed by atoms with Gasteiger partial charge in [-0.2, -0.15) is 0 Å². The van der Waals surface area contributed by atoms with E-state index < -0.39 is 0 Å². The van der Waals surface area contributed by atoms with Crippen molar-refractivity contribution in [2.75, 3.05) is 11.9 Å². The molecule has 0 fully saturated rings. The molecule has 5 nitrogen and oxygen atoms in total. The maximum atomic E-state index is 13.1. The maximum Gasteiger partial charge on any atom is 0.298 e. The third-order valence-electron chi connectivity index (χ3n) is 6.07. The average Bonchev–Trinajstić information content (AvgIpc) is 2.79. The van der Waals surface area contributed by atoms with Gasteiger partial charge in [0, 0.05) is 29.3 Å². The van der Waals surface area contributed by atoms with Gasteiger partial charge in [0.25, 0.3) is 6.47 Å². The Morgan fingerprint density at radius 2 is 1.94 bits per heavy atom. The lowest BCUT2D eigenvalue weighted by Gasteiger charge is -2.35. The zero-order valence-electron chi connectivity index (χ0n) is 17.3. The van der Waals surface area contributed by atoms with Crippen LogP contribution in [0.4, 0.5) is 5.69 Å². The van der Waals surface area contributed by atoms with E-state index in [0.717, 1.165) is 51.7 Å². The molecule has 2 aliphatic rings. The summed E-state index contributed by atoms with van der Waals surface area (Å²) in [6, 6.07) is 18.0. The molecular formula is C26H23NO4. The molecule has 5 heteroatoms. The van der Waals surface area contributed by atoms with E-state index in [1.807, 2.05) is 31.2 Å². The highest BCUT2D eigenvalue weighted by Gasteiger charge is 2.36. The Morgan fingerprint density at radius 3 is 2.77 bits per heavy atom. The maximum absolute atomic E-state index is 13.1. The van der Waals surface area contributed by atoms with Crippen molar-refractivity contribution in [3.05, 3.63) is 77.0 Å². The number of nitrogens with one attached hydrogen (secondary N) is 1. The first-order chi connectivity index (χ1) is 15.2. The molecule has 1 aliphatic carbocycles. The molecule has 0 aromatic heterocycles. The third kappa shape index (κ3) is 3.26. The van der Waals surface area contributed by atoms with Crippen molar-refractivity contribution in [1.82, 2.24) is 0 Å². The molecule has 3 aromatic carbocycles. The van der Waals surface area contributed by atoms with Crippen molar-refractivity contribution >= 4 is 28.7 Å². The molecule has 5 rings (SSSR count). The Bertz CT molecular complexity index is 1230. The molecular weight excluding hydrogens is 390 g/mol. The summed E-state index contributed by atoms with van der Waals surface area (Å²) in [6.45, 7) is 2.73. The average molecular weight is 413 g/mol. The second-order valence-electron chi connectivity index (χ2n) is 7.83. The number of carbonyl (C=O) groups is 2. The van der Waals surface area contributed by atoms with E-state index in [9.17, 15) is 9.59 Å². The number of benzene rings is 3. The van der Waals surface area contributed by atoms with Crippen LogP contribution >= 0.6 is 0 Å². The molecule has 0 spiro atoms. The van der Waals surface area contributed by atoms with Crippen LogP contribution in [-0.2, 0) is 9.59 Å². The highest BCUT2D eigenvalue weighted by atomic mass is 16.5. The third-order valence-corrected chi connectivity index (χ3v) is 6.07. The predicted octanol–water partition coefficient (Wildman–Crippen LogP) is 5.34.